The van der Waals surface area contributed by atoms with Gasteiger partial charge in [0.2, 0.25) is 5.91 Å². The Bertz CT molecular complexity index is 206. The second-order valence-electron chi connectivity index (χ2n) is 2.72. The Balaban J connectivity index is 3.57. The lowest BCUT2D eigenvalue weighted by Crippen LogP contribution is -2.37. The van der Waals surface area contributed by atoms with Crippen molar-refractivity contribution in [1.29, 1.82) is 0 Å². The van der Waals surface area contributed by atoms with Gasteiger partial charge in [0.1, 0.15) is 0 Å². The molecule has 4 N–H and O–H groups in total. The van der Waals surface area contributed by atoms with E-state index >= 15 is 0 Å². The van der Waals surface area contributed by atoms with Crippen LogP contribution < -0.4 is 11.5 Å². The lowest BCUT2D eigenvalue weighted by molar-refractivity contribution is -0.119. The quantitative estimate of drug-likeness (QED) is 0.549. The van der Waals surface area contributed by atoms with Crippen molar-refractivity contribution < 1.29 is 9.00 Å². The summed E-state index contributed by atoms with van der Waals surface area (Å²) >= 11 is 0. The Hall–Kier alpha value is -0.680. The first-order valence-electron chi connectivity index (χ1n) is 4.08. The number of nitrogens with two attached hydrogens (primary N) is 2. The smallest absolute Gasteiger partial charge is 0.234 e. The highest BCUT2D eigenvalue weighted by atomic mass is 32.2. The van der Waals surface area contributed by atoms with Crippen LogP contribution in [0.15, 0.2) is 12.7 Å². The maximum Gasteiger partial charge on any atom is 0.234 e. The van der Waals surface area contributed by atoms with Crippen molar-refractivity contribution in [1.82, 2.24) is 0 Å². The SMILES string of the molecule is C=CCCS(=O)CC[C@H](N)C(N)=O. The van der Waals surface area contributed by atoms with Gasteiger partial charge in [0.05, 0.1) is 6.04 Å². The monoisotopic (exact) mass is 204 g/mol. The van der Waals surface area contributed by atoms with E-state index in [2.05, 4.69) is 6.58 Å². The first-order chi connectivity index (χ1) is 6.07. The number of primary amides is 1. The van der Waals surface area contributed by atoms with Gasteiger partial charge in [-0.3, -0.25) is 9.00 Å². The largest absolute Gasteiger partial charge is 0.368 e. The van der Waals surface area contributed by atoms with Gasteiger partial charge in [-0.05, 0) is 12.8 Å². The van der Waals surface area contributed by atoms with Gasteiger partial charge < -0.3 is 11.5 Å². The highest BCUT2D eigenvalue weighted by Gasteiger charge is 2.10. The maximum atomic E-state index is 11.2. The number of hydrogen-bond donors (Lipinski definition) is 2. The standard InChI is InChI=1S/C8H16N2O2S/c1-2-3-5-13(12)6-4-7(9)8(10)11/h2,7H,1,3-6,9H2,(H2,10,11)/t7-,13?/m0/s1. The molecule has 1 amide bonds. The van der Waals surface area contributed by atoms with E-state index in [1.807, 2.05) is 0 Å². The van der Waals surface area contributed by atoms with Crippen LogP contribution in [-0.4, -0.2) is 27.7 Å². The number of carbonyl (C=O) groups excluding carboxylic acids is 1. The molecular weight excluding hydrogens is 188 g/mol. The van der Waals surface area contributed by atoms with Crippen LogP contribution in [0.1, 0.15) is 12.8 Å². The van der Waals surface area contributed by atoms with Gasteiger partial charge in [-0.1, -0.05) is 6.08 Å². The molecule has 0 saturated heterocycles. The number of rotatable bonds is 7. The Kier molecular flexibility index (Phi) is 6.44. The molecule has 0 fully saturated rings. The van der Waals surface area contributed by atoms with Gasteiger partial charge in [-0.25, -0.2) is 0 Å². The average Bonchev–Trinajstić information content (AvgIpc) is 2.10. The Labute approximate surface area is 80.8 Å². The summed E-state index contributed by atoms with van der Waals surface area (Å²) in [6.45, 7) is 3.52. The molecule has 0 radical (unpaired) electrons. The van der Waals surface area contributed by atoms with Gasteiger partial charge in [0.25, 0.3) is 0 Å². The van der Waals surface area contributed by atoms with Crippen molar-refractivity contribution in [3.8, 4) is 0 Å². The molecule has 0 aliphatic heterocycles. The van der Waals surface area contributed by atoms with Gasteiger partial charge in [-0.15, -0.1) is 6.58 Å². The van der Waals surface area contributed by atoms with Gasteiger partial charge in [0.15, 0.2) is 0 Å². The van der Waals surface area contributed by atoms with Crippen molar-refractivity contribution >= 4 is 16.7 Å². The number of allylic oxidation sites excluding steroid dienone is 1. The molecule has 2 atom stereocenters. The second kappa shape index (κ2) is 6.80. The zero-order valence-corrected chi connectivity index (χ0v) is 8.39. The lowest BCUT2D eigenvalue weighted by atomic mass is 10.2. The normalized spacial score (nSPS) is 14.8. The van der Waals surface area contributed by atoms with E-state index in [1.54, 1.807) is 6.08 Å². The minimum absolute atomic E-state index is 0.388. The fourth-order valence-corrected chi connectivity index (χ4v) is 1.87. The molecule has 1 unspecified atom stereocenters. The number of hydrogen-bond acceptors (Lipinski definition) is 3. The van der Waals surface area contributed by atoms with Crippen molar-refractivity contribution in [2.45, 2.75) is 18.9 Å². The third-order valence-electron chi connectivity index (χ3n) is 1.57. The van der Waals surface area contributed by atoms with Crippen molar-refractivity contribution in [2.24, 2.45) is 11.5 Å². The second-order valence-corrected chi connectivity index (χ2v) is 4.42. The minimum atomic E-state index is -0.916. The summed E-state index contributed by atoms with van der Waals surface area (Å²) in [5.74, 6) is 0.466. The maximum absolute atomic E-state index is 11.2. The highest BCUT2D eigenvalue weighted by Crippen LogP contribution is 1.94. The van der Waals surface area contributed by atoms with Crippen LogP contribution >= 0.6 is 0 Å². The van der Waals surface area contributed by atoms with E-state index in [-0.39, 0.29) is 0 Å². The summed E-state index contributed by atoms with van der Waals surface area (Å²) in [6.07, 6.45) is 2.82. The molecule has 0 aromatic carbocycles. The van der Waals surface area contributed by atoms with Crippen LogP contribution in [0.3, 0.4) is 0 Å². The first-order valence-corrected chi connectivity index (χ1v) is 5.57. The summed E-state index contributed by atoms with van der Waals surface area (Å²) < 4.78 is 11.2. The van der Waals surface area contributed by atoms with Gasteiger partial charge in [0, 0.05) is 22.3 Å². The molecule has 4 nitrogen and oxygen atoms in total. The molecule has 0 saturated carbocycles. The van der Waals surface area contributed by atoms with Crippen LogP contribution in [0.4, 0.5) is 0 Å². The fraction of sp³-hybridized carbons (Fsp3) is 0.625. The Morgan fingerprint density at radius 2 is 2.15 bits per heavy atom. The molecule has 0 aliphatic rings. The summed E-state index contributed by atoms with van der Waals surface area (Å²) in [4.78, 5) is 10.5. The van der Waals surface area contributed by atoms with E-state index in [9.17, 15) is 9.00 Å². The van der Waals surface area contributed by atoms with Crippen molar-refractivity contribution in [3.63, 3.8) is 0 Å². The van der Waals surface area contributed by atoms with E-state index in [0.29, 0.717) is 17.9 Å². The predicted octanol–water partition coefficient (Wildman–Crippen LogP) is -0.486. The third-order valence-corrected chi connectivity index (χ3v) is 2.95. The highest BCUT2D eigenvalue weighted by molar-refractivity contribution is 7.84. The number of carbonyl (C=O) groups is 1. The molecule has 0 aliphatic carbocycles. The van der Waals surface area contributed by atoms with E-state index in [1.165, 1.54) is 0 Å². The molecule has 0 heterocycles. The van der Waals surface area contributed by atoms with E-state index < -0.39 is 22.7 Å². The molecule has 0 aromatic rings. The molecule has 0 aromatic heterocycles. The zero-order valence-electron chi connectivity index (χ0n) is 7.57. The molecule has 0 spiro atoms. The van der Waals surface area contributed by atoms with Crippen LogP contribution in [0.5, 0.6) is 0 Å². The minimum Gasteiger partial charge on any atom is -0.368 e. The Morgan fingerprint density at radius 3 is 2.62 bits per heavy atom. The van der Waals surface area contributed by atoms with Crippen molar-refractivity contribution in [3.05, 3.63) is 12.7 Å². The topological polar surface area (TPSA) is 86.2 Å². The van der Waals surface area contributed by atoms with E-state index in [4.69, 9.17) is 11.5 Å². The van der Waals surface area contributed by atoms with Crippen LogP contribution in [0.25, 0.3) is 0 Å². The van der Waals surface area contributed by atoms with Crippen molar-refractivity contribution in [2.75, 3.05) is 11.5 Å². The van der Waals surface area contributed by atoms with Gasteiger partial charge in [-0.2, -0.15) is 0 Å². The Morgan fingerprint density at radius 1 is 1.54 bits per heavy atom. The molecule has 76 valence electrons. The van der Waals surface area contributed by atoms with Crippen LogP contribution in [0.2, 0.25) is 0 Å². The molecule has 13 heavy (non-hydrogen) atoms. The summed E-state index contributed by atoms with van der Waals surface area (Å²) in [6, 6.07) is -0.673. The van der Waals surface area contributed by atoms with Crippen LogP contribution in [0, 0.1) is 0 Å². The number of amides is 1. The molecular formula is C8H16N2O2S. The lowest BCUT2D eigenvalue weighted by Gasteiger charge is -2.05. The molecule has 0 bridgehead atoms. The fourth-order valence-electron chi connectivity index (χ4n) is 0.718. The molecule has 0 rings (SSSR count). The third kappa shape index (κ3) is 6.48. The average molecular weight is 204 g/mol. The first kappa shape index (κ1) is 12.3. The van der Waals surface area contributed by atoms with E-state index in [0.717, 1.165) is 6.42 Å². The molecule has 5 heteroatoms. The summed E-state index contributed by atoms with van der Waals surface area (Å²) in [5, 5.41) is 0. The summed E-state index contributed by atoms with van der Waals surface area (Å²) in [7, 11) is -0.916. The van der Waals surface area contributed by atoms with Crippen LogP contribution in [-0.2, 0) is 15.6 Å². The predicted molar refractivity (Wildman–Crippen MR) is 54.5 cm³/mol. The summed E-state index contributed by atoms with van der Waals surface area (Å²) in [5.41, 5.74) is 10.3. The zero-order chi connectivity index (χ0) is 10.3. The van der Waals surface area contributed by atoms with Gasteiger partial charge >= 0.3 is 0 Å².